The van der Waals surface area contributed by atoms with Gasteiger partial charge in [-0.15, -0.1) is 10.2 Å². The fourth-order valence-corrected chi connectivity index (χ4v) is 2.49. The first-order valence-corrected chi connectivity index (χ1v) is 7.15. The Kier molecular flexibility index (Phi) is 4.33. The van der Waals surface area contributed by atoms with Crippen LogP contribution in [0.25, 0.3) is 11.4 Å². The van der Waals surface area contributed by atoms with Crippen LogP contribution in [0.2, 0.25) is 5.02 Å². The number of benzene rings is 1. The van der Waals surface area contributed by atoms with E-state index in [9.17, 15) is 4.79 Å². The second-order valence-electron chi connectivity index (χ2n) is 3.48. The summed E-state index contributed by atoms with van der Waals surface area (Å²) in [6.45, 7) is 0. The number of carbonyl (C=O) groups is 1. The molecule has 9 heteroatoms. The highest BCUT2D eigenvalue weighted by atomic mass is 79.9. The highest BCUT2D eigenvalue weighted by molar-refractivity contribution is 9.10. The first-order chi connectivity index (χ1) is 8.99. The minimum atomic E-state index is -0.949. The third-order valence-corrected chi connectivity index (χ3v) is 3.91. The summed E-state index contributed by atoms with van der Waals surface area (Å²) < 4.78 is 2.05. The summed E-state index contributed by atoms with van der Waals surface area (Å²) in [5, 5.41) is 17.2. The fraction of sp³-hybridized carbons (Fsp3) is 0.100. The Hall–Kier alpha value is -1.25. The van der Waals surface area contributed by atoms with Crippen LogP contribution in [-0.4, -0.2) is 31.7 Å². The van der Waals surface area contributed by atoms with Crippen molar-refractivity contribution < 1.29 is 9.90 Å². The van der Waals surface area contributed by atoms with Crippen LogP contribution in [0.5, 0.6) is 0 Å². The molecule has 0 radical (unpaired) electrons. The van der Waals surface area contributed by atoms with Crippen LogP contribution in [0.3, 0.4) is 0 Å². The van der Waals surface area contributed by atoms with Gasteiger partial charge >= 0.3 is 5.97 Å². The van der Waals surface area contributed by atoms with Gasteiger partial charge in [-0.1, -0.05) is 39.3 Å². The SMILES string of the molecule is Nn1c(SCC(=O)O)nnc1-c1cc(Br)ccc1Cl. The maximum absolute atomic E-state index is 10.5. The summed E-state index contributed by atoms with van der Waals surface area (Å²) in [7, 11) is 0. The molecule has 0 saturated carbocycles. The number of nitrogens with two attached hydrogens (primary N) is 1. The number of rotatable bonds is 4. The molecular formula is C10H8BrClN4O2S. The molecule has 0 saturated heterocycles. The summed E-state index contributed by atoms with van der Waals surface area (Å²) in [5.41, 5.74) is 0.619. The molecule has 1 aromatic carbocycles. The third-order valence-electron chi connectivity index (χ3n) is 2.16. The van der Waals surface area contributed by atoms with Crippen LogP contribution < -0.4 is 5.84 Å². The van der Waals surface area contributed by atoms with E-state index >= 15 is 0 Å². The minimum absolute atomic E-state index is 0.137. The van der Waals surface area contributed by atoms with Crippen molar-refractivity contribution in [1.82, 2.24) is 14.9 Å². The van der Waals surface area contributed by atoms with Gasteiger partial charge in [0.1, 0.15) is 0 Å². The number of aromatic nitrogens is 3. The summed E-state index contributed by atoms with van der Waals surface area (Å²) >= 11 is 10.4. The second-order valence-corrected chi connectivity index (χ2v) is 5.75. The van der Waals surface area contributed by atoms with Gasteiger partial charge in [-0.3, -0.25) is 4.79 Å². The summed E-state index contributed by atoms with van der Waals surface area (Å²) in [5.74, 6) is 5.13. The van der Waals surface area contributed by atoms with E-state index < -0.39 is 5.97 Å². The zero-order valence-corrected chi connectivity index (χ0v) is 12.5. The number of halogens is 2. The van der Waals surface area contributed by atoms with Crippen molar-refractivity contribution in [3.63, 3.8) is 0 Å². The Labute approximate surface area is 126 Å². The summed E-state index contributed by atoms with van der Waals surface area (Å²) in [6.07, 6.45) is 0. The molecule has 1 aromatic heterocycles. The normalized spacial score (nSPS) is 10.6. The maximum atomic E-state index is 10.5. The Morgan fingerprint density at radius 2 is 2.26 bits per heavy atom. The van der Waals surface area contributed by atoms with E-state index in [1.54, 1.807) is 18.2 Å². The zero-order valence-electron chi connectivity index (χ0n) is 9.38. The molecular weight excluding hydrogens is 356 g/mol. The van der Waals surface area contributed by atoms with E-state index in [1.165, 1.54) is 4.68 Å². The Balaban J connectivity index is 2.36. The molecule has 2 rings (SSSR count). The monoisotopic (exact) mass is 362 g/mol. The van der Waals surface area contributed by atoms with Crippen molar-refractivity contribution in [3.05, 3.63) is 27.7 Å². The maximum Gasteiger partial charge on any atom is 0.313 e. The summed E-state index contributed by atoms with van der Waals surface area (Å²) in [4.78, 5) is 10.5. The highest BCUT2D eigenvalue weighted by Crippen LogP contribution is 2.30. The Morgan fingerprint density at radius 1 is 1.53 bits per heavy atom. The molecule has 2 aromatic rings. The lowest BCUT2D eigenvalue weighted by molar-refractivity contribution is -0.133. The standard InChI is InChI=1S/C10H8BrClN4O2S/c11-5-1-2-7(12)6(3-5)9-14-15-10(16(9)13)19-4-8(17)18/h1-3H,4,13H2,(H,17,18). The molecule has 0 fully saturated rings. The number of carboxylic acids is 1. The number of hydrogen-bond acceptors (Lipinski definition) is 5. The van der Waals surface area contributed by atoms with E-state index in [1.807, 2.05) is 0 Å². The van der Waals surface area contributed by atoms with Gasteiger partial charge in [0.2, 0.25) is 5.16 Å². The van der Waals surface area contributed by atoms with Crippen LogP contribution in [0.15, 0.2) is 27.8 Å². The van der Waals surface area contributed by atoms with Crippen molar-refractivity contribution >= 4 is 45.3 Å². The largest absolute Gasteiger partial charge is 0.481 e. The average molecular weight is 364 g/mol. The van der Waals surface area contributed by atoms with Crippen LogP contribution >= 0.6 is 39.3 Å². The Morgan fingerprint density at radius 3 is 2.95 bits per heavy atom. The van der Waals surface area contributed by atoms with Gasteiger partial charge in [0.25, 0.3) is 0 Å². The molecule has 0 bridgehead atoms. The first kappa shape index (κ1) is 14.2. The van der Waals surface area contributed by atoms with Gasteiger partial charge in [0.15, 0.2) is 5.82 Å². The summed E-state index contributed by atoms with van der Waals surface area (Å²) in [6, 6.07) is 5.27. The van der Waals surface area contributed by atoms with E-state index in [0.717, 1.165) is 16.2 Å². The molecule has 0 amide bonds. The average Bonchev–Trinajstić information content (AvgIpc) is 2.71. The molecule has 1 heterocycles. The van der Waals surface area contributed by atoms with Crippen molar-refractivity contribution in [2.24, 2.45) is 0 Å². The molecule has 0 aliphatic rings. The molecule has 0 unspecified atom stereocenters. The van der Waals surface area contributed by atoms with Crippen molar-refractivity contribution in [1.29, 1.82) is 0 Å². The number of carboxylic acid groups (broad SMARTS) is 1. The van der Waals surface area contributed by atoms with Gasteiger partial charge < -0.3 is 10.9 Å². The second kappa shape index (κ2) is 5.81. The molecule has 0 aliphatic carbocycles. The van der Waals surface area contributed by atoms with Crippen LogP contribution in [0.4, 0.5) is 0 Å². The van der Waals surface area contributed by atoms with Crippen molar-refractivity contribution in [3.8, 4) is 11.4 Å². The van der Waals surface area contributed by atoms with Crippen molar-refractivity contribution in [2.45, 2.75) is 5.16 Å². The number of nitrogens with zero attached hydrogens (tertiary/aromatic N) is 3. The van der Waals surface area contributed by atoms with Crippen LogP contribution in [-0.2, 0) is 4.79 Å². The number of thioether (sulfide) groups is 1. The number of nitrogen functional groups attached to an aromatic ring is 1. The van der Waals surface area contributed by atoms with E-state index in [2.05, 4.69) is 26.1 Å². The van der Waals surface area contributed by atoms with E-state index in [-0.39, 0.29) is 5.75 Å². The predicted octanol–water partition coefficient (Wildman–Crippen LogP) is 2.25. The van der Waals surface area contributed by atoms with Crippen LogP contribution in [0, 0.1) is 0 Å². The zero-order chi connectivity index (χ0) is 14.0. The van der Waals surface area contributed by atoms with E-state index in [4.69, 9.17) is 22.6 Å². The predicted molar refractivity (Wildman–Crippen MR) is 76.7 cm³/mol. The number of aliphatic carboxylic acids is 1. The lowest BCUT2D eigenvalue weighted by atomic mass is 10.2. The lowest BCUT2D eigenvalue weighted by Crippen LogP contribution is -2.12. The molecule has 19 heavy (non-hydrogen) atoms. The van der Waals surface area contributed by atoms with Gasteiger partial charge in [-0.05, 0) is 18.2 Å². The molecule has 0 aliphatic heterocycles. The molecule has 0 spiro atoms. The van der Waals surface area contributed by atoms with Crippen molar-refractivity contribution in [2.75, 3.05) is 11.6 Å². The first-order valence-electron chi connectivity index (χ1n) is 4.99. The van der Waals surface area contributed by atoms with E-state index in [0.29, 0.717) is 21.6 Å². The smallest absolute Gasteiger partial charge is 0.313 e. The van der Waals surface area contributed by atoms with Gasteiger partial charge in [0, 0.05) is 10.0 Å². The minimum Gasteiger partial charge on any atom is -0.481 e. The molecule has 6 nitrogen and oxygen atoms in total. The number of hydrogen-bond donors (Lipinski definition) is 2. The molecule has 3 N–H and O–H groups in total. The van der Waals surface area contributed by atoms with Gasteiger partial charge in [-0.25, -0.2) is 4.68 Å². The molecule has 100 valence electrons. The topological polar surface area (TPSA) is 94.0 Å². The lowest BCUT2D eigenvalue weighted by Gasteiger charge is -2.05. The Bertz CT molecular complexity index is 634. The van der Waals surface area contributed by atoms with Crippen LogP contribution in [0.1, 0.15) is 0 Å². The van der Waals surface area contributed by atoms with Gasteiger partial charge in [-0.2, -0.15) is 0 Å². The third kappa shape index (κ3) is 3.20. The molecule has 0 atom stereocenters. The highest BCUT2D eigenvalue weighted by Gasteiger charge is 2.15. The quantitative estimate of drug-likeness (QED) is 0.639. The fourth-order valence-electron chi connectivity index (χ4n) is 1.35. The van der Waals surface area contributed by atoms with Gasteiger partial charge in [0.05, 0.1) is 10.8 Å².